The summed E-state index contributed by atoms with van der Waals surface area (Å²) in [6.45, 7) is 6.19. The monoisotopic (exact) mass is 347 g/mol. The van der Waals surface area contributed by atoms with Crippen molar-refractivity contribution >= 4 is 16.3 Å². The van der Waals surface area contributed by atoms with Crippen molar-refractivity contribution in [3.63, 3.8) is 0 Å². The van der Waals surface area contributed by atoms with Crippen LogP contribution < -0.4 is 15.6 Å². The number of ether oxygens (including phenoxy) is 1. The number of carboxylic acid groups (broad SMARTS) is 1. The molecular formula is C14H25N3O5S. The van der Waals surface area contributed by atoms with E-state index in [0.717, 1.165) is 5.56 Å². The van der Waals surface area contributed by atoms with Crippen molar-refractivity contribution in [2.45, 2.75) is 38.9 Å². The zero-order valence-corrected chi connectivity index (χ0v) is 14.3. The Morgan fingerprint density at radius 3 is 2.13 bits per heavy atom. The highest BCUT2D eigenvalue weighted by atomic mass is 32.2. The highest BCUT2D eigenvalue weighted by Gasteiger charge is 2.19. The molecule has 1 amide bonds. The molecule has 23 heavy (non-hydrogen) atoms. The summed E-state index contributed by atoms with van der Waals surface area (Å²) in [5, 5.41) is 19.2. The molecule has 0 radical (unpaired) electrons. The zero-order chi connectivity index (χ0) is 18.1. The number of amides is 1. The third kappa shape index (κ3) is 16.5. The van der Waals surface area contributed by atoms with Crippen LogP contribution in [0.4, 0.5) is 4.79 Å². The normalized spacial score (nSPS) is 12.7. The summed E-state index contributed by atoms with van der Waals surface area (Å²) in [6.07, 6.45) is -0.493. The molecule has 0 saturated carbocycles. The van der Waals surface area contributed by atoms with Crippen LogP contribution in [0.5, 0.6) is 0 Å². The minimum absolute atomic E-state index is 0.163. The molecule has 0 spiro atoms. The van der Waals surface area contributed by atoms with Gasteiger partial charge in [0, 0.05) is 13.0 Å². The summed E-state index contributed by atoms with van der Waals surface area (Å²) in [5.41, 5.74) is 0.846. The van der Waals surface area contributed by atoms with Gasteiger partial charge in [-0.05, 0) is 26.3 Å². The van der Waals surface area contributed by atoms with Gasteiger partial charge in [0.1, 0.15) is 0 Å². The van der Waals surface area contributed by atoms with Crippen LogP contribution in [0, 0.1) is 0 Å². The number of nitrogens with one attached hydrogen (secondary N) is 1. The van der Waals surface area contributed by atoms with Crippen LogP contribution in [0.3, 0.4) is 0 Å². The van der Waals surface area contributed by atoms with Gasteiger partial charge in [0.2, 0.25) is 0 Å². The van der Waals surface area contributed by atoms with Crippen LogP contribution in [0.25, 0.3) is 0 Å². The first-order valence-electron chi connectivity index (χ1n) is 6.86. The van der Waals surface area contributed by atoms with E-state index in [2.05, 4.69) is 15.6 Å². The van der Waals surface area contributed by atoms with Gasteiger partial charge in [-0.2, -0.15) is 8.42 Å². The van der Waals surface area contributed by atoms with E-state index in [1.54, 1.807) is 0 Å². The predicted octanol–water partition coefficient (Wildman–Crippen LogP) is 0.829. The SMILES string of the molecule is CC(C)(C)OC(CNC(=O)O)Cc1ccccc1.NS(N)(=O)=O. The van der Waals surface area contributed by atoms with Gasteiger partial charge in [-0.3, -0.25) is 0 Å². The molecule has 0 aromatic heterocycles. The fraction of sp³-hybridized carbons (Fsp3) is 0.500. The zero-order valence-electron chi connectivity index (χ0n) is 13.5. The molecule has 9 heteroatoms. The molecule has 0 aliphatic rings. The fourth-order valence-electron chi connectivity index (χ4n) is 1.73. The van der Waals surface area contributed by atoms with E-state index in [4.69, 9.17) is 9.84 Å². The summed E-state index contributed by atoms with van der Waals surface area (Å²) >= 11 is 0. The second kappa shape index (κ2) is 9.46. The molecule has 0 aliphatic carbocycles. The van der Waals surface area contributed by atoms with Crippen LogP contribution in [-0.2, 0) is 21.4 Å². The fourth-order valence-corrected chi connectivity index (χ4v) is 1.73. The summed E-state index contributed by atoms with van der Waals surface area (Å²) in [7, 11) is -3.67. The Morgan fingerprint density at radius 1 is 1.26 bits per heavy atom. The van der Waals surface area contributed by atoms with Crippen molar-refractivity contribution in [3.05, 3.63) is 35.9 Å². The third-order valence-electron chi connectivity index (χ3n) is 2.31. The first-order chi connectivity index (χ1) is 10.4. The topological polar surface area (TPSA) is 145 Å². The Balaban J connectivity index is 0.000000841. The van der Waals surface area contributed by atoms with E-state index < -0.39 is 16.3 Å². The Hall–Kier alpha value is -1.68. The average Bonchev–Trinajstić information content (AvgIpc) is 2.33. The Bertz CT molecular complexity index is 562. The van der Waals surface area contributed by atoms with Crippen molar-refractivity contribution < 1.29 is 23.1 Å². The first kappa shape index (κ1) is 21.3. The predicted molar refractivity (Wildman–Crippen MR) is 88.1 cm³/mol. The minimum Gasteiger partial charge on any atom is -0.465 e. The lowest BCUT2D eigenvalue weighted by Gasteiger charge is -2.27. The second-order valence-corrected chi connectivity index (χ2v) is 7.00. The van der Waals surface area contributed by atoms with Gasteiger partial charge in [0.05, 0.1) is 11.7 Å². The lowest BCUT2D eigenvalue weighted by Crippen LogP contribution is -2.38. The van der Waals surface area contributed by atoms with Crippen LogP contribution in [0.15, 0.2) is 30.3 Å². The van der Waals surface area contributed by atoms with Gasteiger partial charge >= 0.3 is 6.09 Å². The van der Waals surface area contributed by atoms with Gasteiger partial charge in [-0.25, -0.2) is 15.1 Å². The smallest absolute Gasteiger partial charge is 0.404 e. The molecule has 1 aromatic rings. The van der Waals surface area contributed by atoms with E-state index in [1.165, 1.54) is 0 Å². The summed E-state index contributed by atoms with van der Waals surface area (Å²) in [6, 6.07) is 9.92. The summed E-state index contributed by atoms with van der Waals surface area (Å²) in [4.78, 5) is 10.6. The molecule has 8 nitrogen and oxygen atoms in total. The first-order valence-corrected chi connectivity index (χ1v) is 8.47. The molecule has 132 valence electrons. The van der Waals surface area contributed by atoms with Crippen molar-refractivity contribution in [1.29, 1.82) is 0 Å². The van der Waals surface area contributed by atoms with Crippen LogP contribution >= 0.6 is 0 Å². The molecule has 0 heterocycles. The van der Waals surface area contributed by atoms with Crippen molar-refractivity contribution in [2.24, 2.45) is 10.3 Å². The molecule has 0 saturated heterocycles. The molecule has 1 rings (SSSR count). The Morgan fingerprint density at radius 2 is 1.74 bits per heavy atom. The molecule has 6 N–H and O–H groups in total. The lowest BCUT2D eigenvalue weighted by molar-refractivity contribution is -0.0574. The van der Waals surface area contributed by atoms with Gasteiger partial charge in [0.15, 0.2) is 0 Å². The number of hydrogen-bond donors (Lipinski definition) is 4. The minimum atomic E-state index is -3.67. The standard InChI is InChI=1S/C14H21NO3.H4N2O2S/c1-14(2,3)18-12(10-15-13(16)17)9-11-7-5-4-6-8-11;1-5(2,3)4/h4-8,12,15H,9-10H2,1-3H3,(H,16,17);(H4,1,2,3,4). The maximum Gasteiger partial charge on any atom is 0.404 e. The maximum absolute atomic E-state index is 10.6. The number of nitrogens with two attached hydrogens (primary N) is 2. The number of benzene rings is 1. The average molecular weight is 347 g/mol. The van der Waals surface area contributed by atoms with Crippen LogP contribution in [0.2, 0.25) is 0 Å². The van der Waals surface area contributed by atoms with E-state index in [0.29, 0.717) is 13.0 Å². The van der Waals surface area contributed by atoms with Crippen molar-refractivity contribution in [2.75, 3.05) is 6.54 Å². The van der Waals surface area contributed by atoms with E-state index in [1.807, 2.05) is 51.1 Å². The van der Waals surface area contributed by atoms with E-state index in [-0.39, 0.29) is 11.7 Å². The van der Waals surface area contributed by atoms with E-state index in [9.17, 15) is 13.2 Å². The number of rotatable bonds is 5. The van der Waals surface area contributed by atoms with Gasteiger partial charge < -0.3 is 15.2 Å². The third-order valence-corrected chi connectivity index (χ3v) is 2.31. The molecule has 1 atom stereocenters. The van der Waals surface area contributed by atoms with Crippen molar-refractivity contribution in [3.8, 4) is 0 Å². The highest BCUT2D eigenvalue weighted by Crippen LogP contribution is 2.14. The van der Waals surface area contributed by atoms with Crippen LogP contribution in [0.1, 0.15) is 26.3 Å². The quantitative estimate of drug-likeness (QED) is 0.623. The van der Waals surface area contributed by atoms with Crippen molar-refractivity contribution in [1.82, 2.24) is 5.32 Å². The molecule has 0 bridgehead atoms. The number of carbonyl (C=O) groups is 1. The lowest BCUT2D eigenvalue weighted by atomic mass is 10.1. The van der Waals surface area contributed by atoms with Gasteiger partial charge in [-0.1, -0.05) is 30.3 Å². The largest absolute Gasteiger partial charge is 0.465 e. The molecule has 1 unspecified atom stereocenters. The number of hydrogen-bond acceptors (Lipinski definition) is 4. The van der Waals surface area contributed by atoms with Gasteiger partial charge in [0.25, 0.3) is 10.2 Å². The molecular weight excluding hydrogens is 322 g/mol. The summed E-state index contributed by atoms with van der Waals surface area (Å²) < 4.78 is 24.2. The Kier molecular flexibility index (Phi) is 8.77. The van der Waals surface area contributed by atoms with Gasteiger partial charge in [-0.15, -0.1) is 0 Å². The highest BCUT2D eigenvalue weighted by molar-refractivity contribution is 7.86. The molecule has 0 fully saturated rings. The maximum atomic E-state index is 10.6. The van der Waals surface area contributed by atoms with E-state index >= 15 is 0 Å². The summed E-state index contributed by atoms with van der Waals surface area (Å²) in [5.74, 6) is 0. The Labute approximate surface area is 137 Å². The molecule has 1 aromatic carbocycles. The second-order valence-electron chi connectivity index (χ2n) is 5.82. The van der Waals surface area contributed by atoms with Crippen LogP contribution in [-0.4, -0.2) is 37.9 Å². The molecule has 0 aliphatic heterocycles.